The first-order chi connectivity index (χ1) is 24.1. The van der Waals surface area contributed by atoms with Gasteiger partial charge in [0.05, 0.1) is 29.6 Å². The Kier molecular flexibility index (Phi) is 9.48. The van der Waals surface area contributed by atoms with Crippen LogP contribution in [0, 0.1) is 0 Å². The van der Waals surface area contributed by atoms with Crippen molar-refractivity contribution in [3.05, 3.63) is 167 Å². The minimum absolute atomic E-state index is 0.0238. The molecule has 8 heteroatoms. The number of fused-ring (bicyclic) bond motifs is 1. The van der Waals surface area contributed by atoms with E-state index in [-0.39, 0.29) is 17.8 Å². The summed E-state index contributed by atoms with van der Waals surface area (Å²) in [4.78, 5) is 38.2. The second-order valence-corrected chi connectivity index (χ2v) is 12.3. The zero-order chi connectivity index (χ0) is 33.6. The summed E-state index contributed by atoms with van der Waals surface area (Å²) in [5, 5.41) is 0. The van der Waals surface area contributed by atoms with Crippen LogP contribution in [0.1, 0.15) is 54.7 Å². The van der Waals surface area contributed by atoms with E-state index in [1.54, 1.807) is 12.1 Å². The van der Waals surface area contributed by atoms with Gasteiger partial charge in [-0.3, -0.25) is 9.69 Å². The molecule has 1 amide bonds. The van der Waals surface area contributed by atoms with E-state index >= 15 is 0 Å². The Morgan fingerprint density at radius 1 is 0.755 bits per heavy atom. The van der Waals surface area contributed by atoms with Gasteiger partial charge in [-0.05, 0) is 53.1 Å². The average molecular weight is 651 g/mol. The van der Waals surface area contributed by atoms with Crippen LogP contribution >= 0.6 is 0 Å². The number of hydrogen-bond acceptors (Lipinski definition) is 6. The van der Waals surface area contributed by atoms with Crippen molar-refractivity contribution in [2.45, 2.75) is 19.1 Å². The number of aromatic amines is 1. The van der Waals surface area contributed by atoms with Crippen molar-refractivity contribution in [3.8, 4) is 5.75 Å². The Hall–Kier alpha value is -5.73. The Balaban J connectivity index is 0.987. The summed E-state index contributed by atoms with van der Waals surface area (Å²) >= 11 is 0. The molecule has 1 aliphatic rings. The molecule has 0 saturated carbocycles. The minimum Gasteiger partial charge on any atom is -0.489 e. The van der Waals surface area contributed by atoms with Crippen LogP contribution in [0.3, 0.4) is 0 Å². The Labute approximate surface area is 285 Å². The van der Waals surface area contributed by atoms with Gasteiger partial charge in [0.2, 0.25) is 0 Å². The van der Waals surface area contributed by atoms with Crippen molar-refractivity contribution in [1.29, 1.82) is 0 Å². The minimum atomic E-state index is -0.358. The monoisotopic (exact) mass is 650 g/mol. The zero-order valence-electron chi connectivity index (χ0n) is 27.4. The lowest BCUT2D eigenvalue weighted by Gasteiger charge is -2.35. The summed E-state index contributed by atoms with van der Waals surface area (Å²) in [6.45, 7) is 3.93. The van der Waals surface area contributed by atoms with Crippen molar-refractivity contribution in [2.75, 3.05) is 33.3 Å². The molecule has 6 aromatic rings. The molecule has 1 N–H and O–H groups in total. The number of piperazine rings is 1. The van der Waals surface area contributed by atoms with Crippen molar-refractivity contribution in [3.63, 3.8) is 0 Å². The first-order valence-electron chi connectivity index (χ1n) is 16.5. The lowest BCUT2D eigenvalue weighted by molar-refractivity contribution is 0.0598. The van der Waals surface area contributed by atoms with Crippen LogP contribution in [0.15, 0.2) is 127 Å². The topological polar surface area (TPSA) is 87.8 Å². The molecule has 1 aromatic heterocycles. The SMILES string of the molecule is COC(=O)c1ccc(COc2ccccc2CN2CCN(C(=O)c3ccc4[nH]c(C(c5ccccc5)c5ccccc5)nc4c3)CC2)cc1. The molecular formula is C41H38N4O4. The third kappa shape index (κ3) is 7.24. The highest BCUT2D eigenvalue weighted by Gasteiger charge is 2.25. The molecule has 1 saturated heterocycles. The van der Waals surface area contributed by atoms with E-state index in [2.05, 4.69) is 40.2 Å². The lowest BCUT2D eigenvalue weighted by Crippen LogP contribution is -2.48. The van der Waals surface area contributed by atoms with Gasteiger partial charge < -0.3 is 19.4 Å². The maximum absolute atomic E-state index is 13.7. The number of carbonyl (C=O) groups excluding carboxylic acids is 2. The number of benzene rings is 5. The summed E-state index contributed by atoms with van der Waals surface area (Å²) in [5.74, 6) is 1.30. The predicted molar refractivity (Wildman–Crippen MR) is 190 cm³/mol. The number of para-hydroxylation sites is 1. The van der Waals surface area contributed by atoms with E-state index in [0.717, 1.165) is 64.5 Å². The van der Waals surface area contributed by atoms with Gasteiger partial charge in [0.25, 0.3) is 5.91 Å². The fourth-order valence-corrected chi connectivity index (χ4v) is 6.42. The fraction of sp³-hybridized carbons (Fsp3) is 0.195. The predicted octanol–water partition coefficient (Wildman–Crippen LogP) is 7.07. The quantitative estimate of drug-likeness (QED) is 0.160. The van der Waals surface area contributed by atoms with Crippen molar-refractivity contribution in [1.82, 2.24) is 19.8 Å². The third-order valence-electron chi connectivity index (χ3n) is 9.08. The number of esters is 1. The number of imidazole rings is 1. The number of nitrogens with zero attached hydrogens (tertiary/aromatic N) is 3. The van der Waals surface area contributed by atoms with Crippen LogP contribution in [0.4, 0.5) is 0 Å². The fourth-order valence-electron chi connectivity index (χ4n) is 6.42. The van der Waals surface area contributed by atoms with E-state index in [9.17, 15) is 9.59 Å². The largest absolute Gasteiger partial charge is 0.489 e. The van der Waals surface area contributed by atoms with E-state index in [4.69, 9.17) is 14.5 Å². The highest BCUT2D eigenvalue weighted by molar-refractivity contribution is 5.97. The molecule has 246 valence electrons. The second-order valence-electron chi connectivity index (χ2n) is 12.3. The lowest BCUT2D eigenvalue weighted by atomic mass is 9.91. The van der Waals surface area contributed by atoms with E-state index in [0.29, 0.717) is 30.8 Å². The van der Waals surface area contributed by atoms with Crippen molar-refractivity contribution >= 4 is 22.9 Å². The summed E-state index contributed by atoms with van der Waals surface area (Å²) in [6, 6.07) is 41.8. The van der Waals surface area contributed by atoms with Crippen LogP contribution in [-0.2, 0) is 17.9 Å². The number of aromatic nitrogens is 2. The molecule has 8 nitrogen and oxygen atoms in total. The van der Waals surface area contributed by atoms with Crippen LogP contribution < -0.4 is 4.74 Å². The van der Waals surface area contributed by atoms with Crippen LogP contribution in [0.2, 0.25) is 0 Å². The number of hydrogen-bond donors (Lipinski definition) is 1. The zero-order valence-corrected chi connectivity index (χ0v) is 27.4. The number of H-pyrrole nitrogens is 1. The molecule has 0 atom stereocenters. The highest BCUT2D eigenvalue weighted by Crippen LogP contribution is 2.31. The van der Waals surface area contributed by atoms with Gasteiger partial charge in [-0.15, -0.1) is 0 Å². The maximum Gasteiger partial charge on any atom is 0.337 e. The van der Waals surface area contributed by atoms with Crippen molar-refractivity contribution < 1.29 is 19.1 Å². The third-order valence-corrected chi connectivity index (χ3v) is 9.08. The highest BCUT2D eigenvalue weighted by atomic mass is 16.5. The number of rotatable bonds is 10. The number of nitrogens with one attached hydrogen (secondary N) is 1. The molecule has 0 radical (unpaired) electrons. The summed E-state index contributed by atoms with van der Waals surface area (Å²) in [6.07, 6.45) is 0. The molecule has 49 heavy (non-hydrogen) atoms. The molecule has 0 bridgehead atoms. The van der Waals surface area contributed by atoms with E-state index in [1.807, 2.05) is 89.8 Å². The first kappa shape index (κ1) is 31.8. The van der Waals surface area contributed by atoms with Crippen LogP contribution in [0.25, 0.3) is 11.0 Å². The van der Waals surface area contributed by atoms with Gasteiger partial charge in [-0.2, -0.15) is 0 Å². The average Bonchev–Trinajstić information content (AvgIpc) is 3.58. The molecular weight excluding hydrogens is 612 g/mol. The second kappa shape index (κ2) is 14.6. The number of carbonyl (C=O) groups is 2. The number of amides is 1. The van der Waals surface area contributed by atoms with E-state index < -0.39 is 0 Å². The first-order valence-corrected chi connectivity index (χ1v) is 16.5. The van der Waals surface area contributed by atoms with Crippen molar-refractivity contribution in [2.24, 2.45) is 0 Å². The van der Waals surface area contributed by atoms with Crippen LogP contribution in [-0.4, -0.2) is 64.9 Å². The van der Waals surface area contributed by atoms with Gasteiger partial charge in [0, 0.05) is 43.9 Å². The van der Waals surface area contributed by atoms with Gasteiger partial charge in [-0.1, -0.05) is 91.0 Å². The Bertz CT molecular complexity index is 2000. The van der Waals surface area contributed by atoms with E-state index in [1.165, 1.54) is 7.11 Å². The Morgan fingerprint density at radius 3 is 2.06 bits per heavy atom. The molecule has 1 aliphatic heterocycles. The van der Waals surface area contributed by atoms with Gasteiger partial charge >= 0.3 is 5.97 Å². The molecule has 1 fully saturated rings. The van der Waals surface area contributed by atoms with Gasteiger partial charge in [0.1, 0.15) is 18.2 Å². The molecule has 0 aliphatic carbocycles. The number of methoxy groups -OCH3 is 1. The smallest absolute Gasteiger partial charge is 0.337 e. The van der Waals surface area contributed by atoms with Gasteiger partial charge in [0.15, 0.2) is 0 Å². The normalized spacial score (nSPS) is 13.5. The summed E-state index contributed by atoms with van der Waals surface area (Å²) in [7, 11) is 1.37. The Morgan fingerprint density at radius 2 is 1.39 bits per heavy atom. The van der Waals surface area contributed by atoms with Crippen LogP contribution in [0.5, 0.6) is 5.75 Å². The number of ether oxygens (including phenoxy) is 2. The maximum atomic E-state index is 13.7. The van der Waals surface area contributed by atoms with Gasteiger partial charge in [-0.25, -0.2) is 9.78 Å². The standard InChI is InChI=1S/C41H38N4O4/c1-48-41(47)32-18-16-29(17-19-32)28-49-37-15-9-8-14-34(37)27-44-22-24-45(25-23-44)40(46)33-20-21-35-36(26-33)43-39(42-35)38(30-10-4-2-5-11-30)31-12-6-3-7-13-31/h2-21,26,38H,22-25,27-28H2,1H3,(H,42,43). The molecule has 0 spiro atoms. The molecule has 2 heterocycles. The molecule has 7 rings (SSSR count). The summed E-state index contributed by atoms with van der Waals surface area (Å²) < 4.78 is 11.0. The molecule has 5 aromatic carbocycles. The summed E-state index contributed by atoms with van der Waals surface area (Å²) in [5.41, 5.74) is 7.22. The molecule has 0 unspecified atom stereocenters.